The number of nitro benzene ring substituents is 1. The van der Waals surface area contributed by atoms with E-state index in [4.69, 9.17) is 16.3 Å². The van der Waals surface area contributed by atoms with Gasteiger partial charge in [0.25, 0.3) is 0 Å². The van der Waals surface area contributed by atoms with E-state index in [0.717, 1.165) is 6.07 Å². The Bertz CT molecular complexity index is 471. The van der Waals surface area contributed by atoms with Gasteiger partial charge in [-0.3, -0.25) is 10.1 Å². The number of hydrogen-bond donors (Lipinski definition) is 3. The zero-order valence-corrected chi connectivity index (χ0v) is 11.8. The van der Waals surface area contributed by atoms with Crippen LogP contribution in [0.1, 0.15) is 18.1 Å². The minimum Gasteiger partial charge on any atom is -0.490 e. The van der Waals surface area contributed by atoms with Crippen LogP contribution in [-0.2, 0) is 0 Å². The van der Waals surface area contributed by atoms with Gasteiger partial charge in [-0.1, -0.05) is 11.6 Å². The summed E-state index contributed by atoms with van der Waals surface area (Å²) < 4.78 is 4.85. The first-order valence-corrected chi connectivity index (χ1v) is 6.42. The van der Waals surface area contributed by atoms with Crippen LogP contribution in [0.25, 0.3) is 0 Å². The lowest BCUT2D eigenvalue weighted by atomic mass is 10.0. The van der Waals surface area contributed by atoms with Crippen molar-refractivity contribution in [3.8, 4) is 5.75 Å². The zero-order chi connectivity index (χ0) is 14.6. The first-order valence-electron chi connectivity index (χ1n) is 5.41. The molecular weight excluding hydrogens is 294 g/mol. The van der Waals surface area contributed by atoms with Gasteiger partial charge in [-0.15, -0.1) is 0 Å². The van der Waals surface area contributed by atoms with E-state index in [1.54, 1.807) is 0 Å². The lowest BCUT2D eigenvalue weighted by Gasteiger charge is -2.18. The number of halogens is 1. The van der Waals surface area contributed by atoms with Gasteiger partial charge in [-0.25, -0.2) is 0 Å². The number of nitrogens with zero attached hydrogens (tertiary/aromatic N) is 1. The highest BCUT2D eigenvalue weighted by Crippen LogP contribution is 2.36. The maximum atomic E-state index is 10.9. The number of rotatable bonds is 6. The van der Waals surface area contributed by atoms with Crippen LogP contribution in [0, 0.1) is 10.1 Å². The number of hydrogen-bond acceptors (Lipinski definition) is 6. The third-order valence-electron chi connectivity index (χ3n) is 2.60. The van der Waals surface area contributed by atoms with E-state index in [9.17, 15) is 20.3 Å². The first kappa shape index (κ1) is 16.0. The summed E-state index contributed by atoms with van der Waals surface area (Å²) in [5.41, 5.74) is -0.234. The van der Waals surface area contributed by atoms with Crippen LogP contribution in [0.15, 0.2) is 12.1 Å². The van der Waals surface area contributed by atoms with Gasteiger partial charge < -0.3 is 14.9 Å². The van der Waals surface area contributed by atoms with E-state index in [1.165, 1.54) is 13.2 Å². The molecule has 106 valence electrons. The van der Waals surface area contributed by atoms with Crippen molar-refractivity contribution in [1.82, 2.24) is 0 Å². The van der Waals surface area contributed by atoms with Crippen LogP contribution in [-0.4, -0.2) is 34.1 Å². The second-order valence-electron chi connectivity index (χ2n) is 3.83. The van der Waals surface area contributed by atoms with Crippen LogP contribution in [0.2, 0.25) is 5.02 Å². The number of nitro groups is 1. The van der Waals surface area contributed by atoms with Gasteiger partial charge in [-0.2, -0.15) is 12.6 Å². The molecular formula is C11H14ClNO5S. The van der Waals surface area contributed by atoms with Gasteiger partial charge in [0.05, 0.1) is 23.2 Å². The molecule has 8 heteroatoms. The maximum absolute atomic E-state index is 10.9. The fraction of sp³-hybridized carbons (Fsp3) is 0.455. The third-order valence-corrected chi connectivity index (χ3v) is 3.19. The first-order chi connectivity index (χ1) is 8.92. The SMILES string of the molecule is COc1cc(Cl)c(C(O)C(O)CCS)cc1[N+](=O)[O-]. The highest BCUT2D eigenvalue weighted by molar-refractivity contribution is 7.80. The minimum absolute atomic E-state index is 0.00497. The molecule has 0 amide bonds. The Hall–Kier alpha value is -1.02. The Morgan fingerprint density at radius 1 is 1.53 bits per heavy atom. The summed E-state index contributed by atoms with van der Waals surface area (Å²) in [5, 5.41) is 30.6. The summed E-state index contributed by atoms with van der Waals surface area (Å²) in [6.45, 7) is 0. The Kier molecular flexibility index (Phi) is 5.86. The van der Waals surface area contributed by atoms with Crippen molar-refractivity contribution in [3.05, 3.63) is 32.8 Å². The number of ether oxygens (including phenoxy) is 1. The third kappa shape index (κ3) is 3.73. The lowest BCUT2D eigenvalue weighted by Crippen LogP contribution is -2.19. The monoisotopic (exact) mass is 307 g/mol. The van der Waals surface area contributed by atoms with Crippen LogP contribution < -0.4 is 4.74 Å². The Balaban J connectivity index is 3.21. The highest BCUT2D eigenvalue weighted by Gasteiger charge is 2.25. The Morgan fingerprint density at radius 2 is 2.16 bits per heavy atom. The summed E-state index contributed by atoms with van der Waals surface area (Å²) >= 11 is 9.88. The van der Waals surface area contributed by atoms with Gasteiger partial charge in [0, 0.05) is 17.7 Å². The highest BCUT2D eigenvalue weighted by atomic mass is 35.5. The summed E-state index contributed by atoms with van der Waals surface area (Å²) in [6, 6.07) is 2.35. The van der Waals surface area contributed by atoms with E-state index >= 15 is 0 Å². The molecule has 0 bridgehead atoms. The van der Waals surface area contributed by atoms with E-state index in [2.05, 4.69) is 12.6 Å². The molecule has 0 aliphatic carbocycles. The van der Waals surface area contributed by atoms with Crippen LogP contribution >= 0.6 is 24.2 Å². The molecule has 0 aromatic heterocycles. The zero-order valence-electron chi connectivity index (χ0n) is 10.1. The molecule has 19 heavy (non-hydrogen) atoms. The molecule has 0 heterocycles. The molecule has 0 saturated carbocycles. The Morgan fingerprint density at radius 3 is 2.63 bits per heavy atom. The van der Waals surface area contributed by atoms with E-state index in [1.807, 2.05) is 0 Å². The normalized spacial score (nSPS) is 13.9. The lowest BCUT2D eigenvalue weighted by molar-refractivity contribution is -0.385. The quantitative estimate of drug-likeness (QED) is 0.424. The molecule has 0 fully saturated rings. The van der Waals surface area contributed by atoms with Crippen molar-refractivity contribution in [1.29, 1.82) is 0 Å². The average Bonchev–Trinajstić information content (AvgIpc) is 2.37. The number of thiol groups is 1. The second-order valence-corrected chi connectivity index (χ2v) is 4.68. The summed E-state index contributed by atoms with van der Waals surface area (Å²) in [6.07, 6.45) is -2.17. The molecule has 6 nitrogen and oxygen atoms in total. The number of aliphatic hydroxyl groups excluding tert-OH is 2. The van der Waals surface area contributed by atoms with Gasteiger partial charge >= 0.3 is 5.69 Å². The summed E-state index contributed by atoms with van der Waals surface area (Å²) in [4.78, 5) is 10.2. The summed E-state index contributed by atoms with van der Waals surface area (Å²) in [5.74, 6) is 0.364. The van der Waals surface area contributed by atoms with Gasteiger partial charge in [0.1, 0.15) is 6.10 Å². The fourth-order valence-electron chi connectivity index (χ4n) is 1.59. The molecule has 2 unspecified atom stereocenters. The standard InChI is InChI=1S/C11H14ClNO5S/c1-18-10-5-7(12)6(4-8(10)13(16)17)11(15)9(14)2-3-19/h4-5,9,11,14-15,19H,2-3H2,1H3. The molecule has 2 N–H and O–H groups in total. The molecule has 0 spiro atoms. The van der Waals surface area contributed by atoms with Crippen molar-refractivity contribution in [3.63, 3.8) is 0 Å². The smallest absolute Gasteiger partial charge is 0.311 e. The van der Waals surface area contributed by atoms with Crippen molar-refractivity contribution < 1.29 is 19.9 Å². The maximum Gasteiger partial charge on any atom is 0.311 e. The minimum atomic E-state index is -1.32. The predicted molar refractivity (Wildman–Crippen MR) is 74.1 cm³/mol. The van der Waals surface area contributed by atoms with Gasteiger partial charge in [-0.05, 0) is 12.2 Å². The van der Waals surface area contributed by atoms with Crippen LogP contribution in [0.4, 0.5) is 5.69 Å². The molecule has 0 aliphatic heterocycles. The van der Waals surface area contributed by atoms with Gasteiger partial charge in [0.2, 0.25) is 0 Å². The van der Waals surface area contributed by atoms with Crippen molar-refractivity contribution in [2.75, 3.05) is 12.9 Å². The summed E-state index contributed by atoms with van der Waals surface area (Å²) in [7, 11) is 1.28. The van der Waals surface area contributed by atoms with E-state index < -0.39 is 17.1 Å². The van der Waals surface area contributed by atoms with E-state index in [0.29, 0.717) is 5.75 Å². The average molecular weight is 308 g/mol. The van der Waals surface area contributed by atoms with Gasteiger partial charge in [0.15, 0.2) is 5.75 Å². The largest absolute Gasteiger partial charge is 0.490 e. The second kappa shape index (κ2) is 6.95. The van der Waals surface area contributed by atoms with Crippen molar-refractivity contribution in [2.24, 2.45) is 0 Å². The number of methoxy groups -OCH3 is 1. The molecule has 1 aromatic rings. The molecule has 1 aromatic carbocycles. The Labute approximate surface area is 120 Å². The molecule has 0 aliphatic rings. The molecule has 0 radical (unpaired) electrons. The van der Waals surface area contributed by atoms with E-state index in [-0.39, 0.29) is 28.4 Å². The number of benzene rings is 1. The predicted octanol–water partition coefficient (Wildman–Crippen LogP) is 1.97. The van der Waals surface area contributed by atoms with Crippen LogP contribution in [0.3, 0.4) is 0 Å². The molecule has 1 rings (SSSR count). The number of aliphatic hydroxyl groups is 2. The van der Waals surface area contributed by atoms with Crippen molar-refractivity contribution >= 4 is 29.9 Å². The fourth-order valence-corrected chi connectivity index (χ4v) is 2.12. The van der Waals surface area contributed by atoms with Crippen molar-refractivity contribution in [2.45, 2.75) is 18.6 Å². The molecule has 0 saturated heterocycles. The van der Waals surface area contributed by atoms with Crippen LogP contribution in [0.5, 0.6) is 5.75 Å². The molecule has 2 atom stereocenters. The topological polar surface area (TPSA) is 92.8 Å².